The van der Waals surface area contributed by atoms with Crippen LogP contribution in [0.5, 0.6) is 0 Å². The fourth-order valence-corrected chi connectivity index (χ4v) is 3.33. The van der Waals surface area contributed by atoms with Crippen molar-refractivity contribution in [2.24, 2.45) is 0 Å². The molecule has 2 N–H and O–H groups in total. The molecule has 166 valence electrons. The average Bonchev–Trinajstić information content (AvgIpc) is 2.81. The van der Waals surface area contributed by atoms with Crippen molar-refractivity contribution < 1.29 is 4.79 Å². The summed E-state index contributed by atoms with van der Waals surface area (Å²) in [4.78, 5) is 35.0. The molecule has 2 aromatic heterocycles. The van der Waals surface area contributed by atoms with E-state index in [9.17, 15) is 4.79 Å². The lowest BCUT2D eigenvalue weighted by Crippen LogP contribution is -2.45. The first-order valence-electron chi connectivity index (χ1n) is 10.8. The summed E-state index contributed by atoms with van der Waals surface area (Å²) in [6.07, 6.45) is 2.25. The van der Waals surface area contributed by atoms with Crippen LogP contribution in [0.3, 0.4) is 0 Å². The number of pyridine rings is 1. The molecule has 0 radical (unpaired) electrons. The third-order valence-corrected chi connectivity index (χ3v) is 5.35. The number of carbonyl (C=O) groups is 1. The largest absolute Gasteiger partial charge is 0.338 e. The van der Waals surface area contributed by atoms with Crippen molar-refractivity contribution in [1.82, 2.24) is 24.8 Å². The Labute approximate surface area is 187 Å². The predicted octanol–water partition coefficient (Wildman–Crippen LogP) is 2.89. The van der Waals surface area contributed by atoms with Gasteiger partial charge in [0.15, 0.2) is 0 Å². The highest BCUT2D eigenvalue weighted by molar-refractivity contribution is 6.04. The Morgan fingerprint density at radius 3 is 2.41 bits per heavy atom. The number of aromatic nitrogens is 4. The number of anilines is 4. The normalized spacial score (nSPS) is 14.3. The van der Waals surface area contributed by atoms with Crippen molar-refractivity contribution in [2.75, 3.05) is 48.8 Å². The Morgan fingerprint density at radius 1 is 1.00 bits per heavy atom. The lowest BCUT2D eigenvalue weighted by Gasteiger charge is -2.32. The quantitative estimate of drug-likeness (QED) is 0.613. The Balaban J connectivity index is 1.45. The molecule has 1 aliphatic heterocycles. The van der Waals surface area contributed by atoms with E-state index in [1.807, 2.05) is 38.1 Å². The van der Waals surface area contributed by atoms with Gasteiger partial charge in [-0.05, 0) is 38.2 Å². The van der Waals surface area contributed by atoms with E-state index in [1.165, 1.54) is 6.20 Å². The van der Waals surface area contributed by atoms with E-state index >= 15 is 0 Å². The zero-order valence-corrected chi connectivity index (χ0v) is 18.7. The summed E-state index contributed by atoms with van der Waals surface area (Å²) in [7, 11) is 2.12. The maximum Gasteiger partial charge on any atom is 0.257 e. The first kappa shape index (κ1) is 21.6. The van der Waals surface area contributed by atoms with Crippen LogP contribution in [-0.2, 0) is 6.42 Å². The topological polar surface area (TPSA) is 99.2 Å². The van der Waals surface area contributed by atoms with Gasteiger partial charge in [-0.1, -0.05) is 24.6 Å². The molecule has 9 heteroatoms. The summed E-state index contributed by atoms with van der Waals surface area (Å²) >= 11 is 0. The highest BCUT2D eigenvalue weighted by atomic mass is 16.1. The molecule has 4 rings (SSSR count). The van der Waals surface area contributed by atoms with Crippen molar-refractivity contribution in [3.63, 3.8) is 0 Å². The van der Waals surface area contributed by atoms with Crippen molar-refractivity contribution in [3.8, 4) is 0 Å². The second-order valence-electron chi connectivity index (χ2n) is 7.90. The van der Waals surface area contributed by atoms with E-state index in [2.05, 4.69) is 47.4 Å². The van der Waals surface area contributed by atoms with Crippen molar-refractivity contribution >= 4 is 29.3 Å². The SMILES string of the molecule is CCc1nc(Nc2ccc(C(=O)Nc3ccc(C)cc3)cn2)nc(N2CCN(C)CC2)n1. The number of carbonyl (C=O) groups excluding carboxylic acids is 1. The summed E-state index contributed by atoms with van der Waals surface area (Å²) in [5, 5.41) is 6.02. The minimum atomic E-state index is -0.210. The fraction of sp³-hybridized carbons (Fsp3) is 0.348. The molecule has 0 aliphatic carbocycles. The maximum absolute atomic E-state index is 12.5. The first-order valence-corrected chi connectivity index (χ1v) is 10.8. The maximum atomic E-state index is 12.5. The average molecular weight is 433 g/mol. The molecule has 3 aromatic rings. The monoisotopic (exact) mass is 432 g/mol. The van der Waals surface area contributed by atoms with Gasteiger partial charge in [-0.25, -0.2) is 4.98 Å². The molecule has 1 fully saturated rings. The Hall–Kier alpha value is -3.59. The number of amides is 1. The van der Waals surface area contributed by atoms with Gasteiger partial charge < -0.3 is 20.4 Å². The third-order valence-electron chi connectivity index (χ3n) is 5.35. The molecule has 3 heterocycles. The van der Waals surface area contributed by atoms with E-state index in [1.54, 1.807) is 12.1 Å². The summed E-state index contributed by atoms with van der Waals surface area (Å²) in [5.74, 6) is 2.22. The molecular weight excluding hydrogens is 404 g/mol. The molecule has 1 aromatic carbocycles. The van der Waals surface area contributed by atoms with Gasteiger partial charge in [-0.15, -0.1) is 0 Å². The van der Waals surface area contributed by atoms with E-state index < -0.39 is 0 Å². The summed E-state index contributed by atoms with van der Waals surface area (Å²) in [6.45, 7) is 7.74. The second kappa shape index (κ2) is 9.69. The number of aryl methyl sites for hydroxylation is 2. The predicted molar refractivity (Wildman–Crippen MR) is 126 cm³/mol. The van der Waals surface area contributed by atoms with Gasteiger partial charge >= 0.3 is 0 Å². The second-order valence-corrected chi connectivity index (χ2v) is 7.90. The van der Waals surface area contributed by atoms with Gasteiger partial charge in [-0.3, -0.25) is 4.79 Å². The van der Waals surface area contributed by atoms with Crippen molar-refractivity contribution in [1.29, 1.82) is 0 Å². The number of likely N-dealkylation sites (N-methyl/N-ethyl adjacent to an activating group) is 1. The molecule has 0 unspecified atom stereocenters. The number of nitrogens with zero attached hydrogens (tertiary/aromatic N) is 6. The van der Waals surface area contributed by atoms with Gasteiger partial charge in [-0.2, -0.15) is 15.0 Å². The van der Waals surface area contributed by atoms with Crippen LogP contribution in [0, 0.1) is 6.92 Å². The molecule has 0 bridgehead atoms. The van der Waals surface area contributed by atoms with Crippen LogP contribution in [0.1, 0.15) is 28.7 Å². The summed E-state index contributed by atoms with van der Waals surface area (Å²) in [6, 6.07) is 11.1. The number of benzene rings is 1. The van der Waals surface area contributed by atoms with Gasteiger partial charge in [0.05, 0.1) is 5.56 Å². The Kier molecular flexibility index (Phi) is 6.55. The summed E-state index contributed by atoms with van der Waals surface area (Å²) in [5.41, 5.74) is 2.36. The van der Waals surface area contributed by atoms with Crippen LogP contribution in [0.4, 0.5) is 23.4 Å². The fourth-order valence-electron chi connectivity index (χ4n) is 3.33. The molecule has 1 aliphatic rings. The molecule has 0 spiro atoms. The van der Waals surface area contributed by atoms with Crippen LogP contribution in [-0.4, -0.2) is 64.0 Å². The molecule has 0 saturated carbocycles. The van der Waals surface area contributed by atoms with Crippen LogP contribution in [0.15, 0.2) is 42.6 Å². The highest BCUT2D eigenvalue weighted by Crippen LogP contribution is 2.17. The van der Waals surface area contributed by atoms with E-state index in [-0.39, 0.29) is 5.91 Å². The van der Waals surface area contributed by atoms with Gasteiger partial charge in [0.2, 0.25) is 11.9 Å². The molecule has 0 atom stereocenters. The number of hydrogen-bond acceptors (Lipinski definition) is 8. The highest BCUT2D eigenvalue weighted by Gasteiger charge is 2.18. The summed E-state index contributed by atoms with van der Waals surface area (Å²) < 4.78 is 0. The van der Waals surface area contributed by atoms with E-state index in [4.69, 9.17) is 0 Å². The minimum absolute atomic E-state index is 0.210. The lowest BCUT2D eigenvalue weighted by molar-refractivity contribution is 0.102. The standard InChI is InChI=1S/C23H28N8O/c1-4-19-26-22(29-23(28-19)31-13-11-30(3)12-14-31)27-20-10-7-17(15-24-20)21(32)25-18-8-5-16(2)6-9-18/h5-10,15H,4,11-14H2,1-3H3,(H,25,32)(H,24,26,27,28,29). The van der Waals surface area contributed by atoms with Crippen LogP contribution < -0.4 is 15.5 Å². The molecule has 1 saturated heterocycles. The van der Waals surface area contributed by atoms with Crippen molar-refractivity contribution in [2.45, 2.75) is 20.3 Å². The minimum Gasteiger partial charge on any atom is -0.338 e. The number of rotatable bonds is 6. The molecule has 1 amide bonds. The molecule has 32 heavy (non-hydrogen) atoms. The van der Waals surface area contributed by atoms with Crippen molar-refractivity contribution in [3.05, 3.63) is 59.5 Å². The zero-order chi connectivity index (χ0) is 22.5. The van der Waals surface area contributed by atoms with Gasteiger partial charge in [0.1, 0.15) is 11.6 Å². The van der Waals surface area contributed by atoms with Crippen LogP contribution in [0.2, 0.25) is 0 Å². The number of nitrogens with one attached hydrogen (secondary N) is 2. The van der Waals surface area contributed by atoms with Crippen LogP contribution >= 0.6 is 0 Å². The molecular formula is C23H28N8O. The van der Waals surface area contributed by atoms with Gasteiger partial charge in [0.25, 0.3) is 5.91 Å². The van der Waals surface area contributed by atoms with Gasteiger partial charge in [0, 0.05) is 44.5 Å². The van der Waals surface area contributed by atoms with Crippen LogP contribution in [0.25, 0.3) is 0 Å². The number of hydrogen-bond donors (Lipinski definition) is 2. The van der Waals surface area contributed by atoms with E-state index in [0.29, 0.717) is 29.7 Å². The molecule has 9 nitrogen and oxygen atoms in total. The Bertz CT molecular complexity index is 1060. The van der Waals surface area contributed by atoms with E-state index in [0.717, 1.165) is 43.3 Å². The lowest BCUT2D eigenvalue weighted by atomic mass is 10.2. The Morgan fingerprint density at radius 2 is 1.75 bits per heavy atom. The smallest absolute Gasteiger partial charge is 0.257 e. The number of piperazine rings is 1. The third kappa shape index (κ3) is 5.36. The zero-order valence-electron chi connectivity index (χ0n) is 18.7. The first-order chi connectivity index (χ1) is 15.5.